The molecular formula is C23H21N5O2S2. The minimum atomic E-state index is -0.230. The molecule has 1 aliphatic rings. The van der Waals surface area contributed by atoms with Crippen LogP contribution in [0.5, 0.6) is 0 Å². The molecular weight excluding hydrogens is 442 g/mol. The van der Waals surface area contributed by atoms with E-state index in [1.807, 2.05) is 53.9 Å². The third kappa shape index (κ3) is 4.49. The average molecular weight is 464 g/mol. The Morgan fingerprint density at radius 1 is 1.16 bits per heavy atom. The molecule has 0 aliphatic heterocycles. The van der Waals surface area contributed by atoms with Gasteiger partial charge in [0.15, 0.2) is 5.13 Å². The summed E-state index contributed by atoms with van der Waals surface area (Å²) in [5.74, 6) is 0.161. The molecule has 0 spiro atoms. The van der Waals surface area contributed by atoms with E-state index in [-0.39, 0.29) is 11.8 Å². The molecule has 32 heavy (non-hydrogen) atoms. The minimum absolute atomic E-state index is 0.0572. The van der Waals surface area contributed by atoms with E-state index in [9.17, 15) is 9.59 Å². The number of aromatic nitrogens is 3. The summed E-state index contributed by atoms with van der Waals surface area (Å²) in [6, 6.07) is 15.5. The van der Waals surface area contributed by atoms with E-state index in [1.165, 1.54) is 18.3 Å². The Labute approximate surface area is 193 Å². The number of para-hydroxylation sites is 1. The molecule has 2 amide bonds. The number of hydrogen-bond donors (Lipinski definition) is 2. The summed E-state index contributed by atoms with van der Waals surface area (Å²) < 4.78 is 1.71. The largest absolute Gasteiger partial charge is 0.351 e. The molecule has 0 unspecified atom stereocenters. The summed E-state index contributed by atoms with van der Waals surface area (Å²) in [5, 5.41) is 12.9. The number of benzene rings is 1. The van der Waals surface area contributed by atoms with Crippen LogP contribution in [0.25, 0.3) is 16.3 Å². The zero-order valence-electron chi connectivity index (χ0n) is 17.4. The van der Waals surface area contributed by atoms with Crippen LogP contribution >= 0.6 is 22.7 Å². The maximum Gasteiger partial charge on any atom is 0.276 e. The lowest BCUT2D eigenvalue weighted by atomic mass is 10.2. The number of thiophene rings is 1. The third-order valence-electron chi connectivity index (χ3n) is 5.11. The van der Waals surface area contributed by atoms with Crippen LogP contribution in [0.3, 0.4) is 0 Å². The Bertz CT molecular complexity index is 1270. The maximum absolute atomic E-state index is 13.1. The molecule has 0 bridgehead atoms. The Hall–Kier alpha value is -3.30. The number of carbonyl (C=O) groups excluding carboxylic acids is 2. The molecule has 5 rings (SSSR count). The summed E-state index contributed by atoms with van der Waals surface area (Å²) in [4.78, 5) is 30.9. The number of rotatable bonds is 7. The van der Waals surface area contributed by atoms with Gasteiger partial charge in [-0.2, -0.15) is 5.10 Å². The van der Waals surface area contributed by atoms with E-state index in [0.717, 1.165) is 39.7 Å². The van der Waals surface area contributed by atoms with Crippen LogP contribution < -0.4 is 10.6 Å². The van der Waals surface area contributed by atoms with Crippen molar-refractivity contribution in [3.63, 3.8) is 0 Å². The lowest BCUT2D eigenvalue weighted by molar-refractivity contribution is -0.119. The van der Waals surface area contributed by atoms with E-state index >= 15 is 0 Å². The van der Waals surface area contributed by atoms with Crippen molar-refractivity contribution >= 4 is 39.6 Å². The molecule has 162 valence electrons. The predicted molar refractivity (Wildman–Crippen MR) is 126 cm³/mol. The molecule has 7 nitrogen and oxygen atoms in total. The standard InChI is InChI=1S/C23H21N5O2S2/c1-14(29)24-12-17-9-10-21(32-17)19-13-31-23(25-19)26-22(30)20-11-18(15-7-8-15)27-28(20)16-5-3-2-4-6-16/h2-6,9-11,13,15H,7-8,12H2,1H3,(H,24,29)(H,25,26,30). The van der Waals surface area contributed by atoms with Gasteiger partial charge in [-0.25, -0.2) is 9.67 Å². The maximum atomic E-state index is 13.1. The second kappa shape index (κ2) is 8.68. The molecule has 3 aromatic heterocycles. The number of anilines is 1. The molecule has 9 heteroatoms. The van der Waals surface area contributed by atoms with Crippen molar-refractivity contribution < 1.29 is 9.59 Å². The summed E-state index contributed by atoms with van der Waals surface area (Å²) in [6.45, 7) is 2.00. The molecule has 0 saturated heterocycles. The SMILES string of the molecule is CC(=O)NCc1ccc(-c2csc(NC(=O)c3cc(C4CC4)nn3-c3ccccc3)n2)s1. The van der Waals surface area contributed by atoms with Gasteiger partial charge in [-0.3, -0.25) is 14.9 Å². The van der Waals surface area contributed by atoms with E-state index in [1.54, 1.807) is 16.0 Å². The zero-order valence-corrected chi connectivity index (χ0v) is 19.0. The fourth-order valence-corrected chi connectivity index (χ4v) is 5.02. The number of nitrogens with zero attached hydrogens (tertiary/aromatic N) is 3. The fraction of sp³-hybridized carbons (Fsp3) is 0.217. The van der Waals surface area contributed by atoms with E-state index in [0.29, 0.717) is 23.3 Å². The van der Waals surface area contributed by atoms with Crippen molar-refractivity contribution in [2.75, 3.05) is 5.32 Å². The Kier molecular flexibility index (Phi) is 5.59. The summed E-state index contributed by atoms with van der Waals surface area (Å²) in [6.07, 6.45) is 2.24. The van der Waals surface area contributed by atoms with Crippen LogP contribution in [-0.4, -0.2) is 26.6 Å². The van der Waals surface area contributed by atoms with E-state index in [4.69, 9.17) is 5.10 Å². The number of amides is 2. The van der Waals surface area contributed by atoms with Gasteiger partial charge < -0.3 is 5.32 Å². The quantitative estimate of drug-likeness (QED) is 0.411. The molecule has 1 aliphatic carbocycles. The third-order valence-corrected chi connectivity index (χ3v) is 6.97. The highest BCUT2D eigenvalue weighted by atomic mass is 32.1. The van der Waals surface area contributed by atoms with Gasteiger partial charge in [0.25, 0.3) is 5.91 Å². The molecule has 3 heterocycles. The van der Waals surface area contributed by atoms with Crippen molar-refractivity contribution in [1.29, 1.82) is 0 Å². The second-order valence-electron chi connectivity index (χ2n) is 7.64. The lowest BCUT2D eigenvalue weighted by Crippen LogP contribution is -2.17. The van der Waals surface area contributed by atoms with Crippen LogP contribution in [0.2, 0.25) is 0 Å². The average Bonchev–Trinajstić information content (AvgIpc) is 3.18. The summed E-state index contributed by atoms with van der Waals surface area (Å²) in [7, 11) is 0. The van der Waals surface area contributed by atoms with Crippen LogP contribution in [-0.2, 0) is 11.3 Å². The molecule has 4 aromatic rings. The Morgan fingerprint density at radius 2 is 1.97 bits per heavy atom. The highest BCUT2D eigenvalue weighted by molar-refractivity contribution is 7.17. The van der Waals surface area contributed by atoms with Crippen molar-refractivity contribution in [1.82, 2.24) is 20.1 Å². The lowest BCUT2D eigenvalue weighted by Gasteiger charge is -2.06. The van der Waals surface area contributed by atoms with Crippen molar-refractivity contribution in [3.05, 3.63) is 70.2 Å². The van der Waals surface area contributed by atoms with Crippen LogP contribution in [0.4, 0.5) is 5.13 Å². The first-order valence-electron chi connectivity index (χ1n) is 10.3. The number of carbonyl (C=O) groups is 2. The zero-order chi connectivity index (χ0) is 22.1. The topological polar surface area (TPSA) is 88.9 Å². The summed E-state index contributed by atoms with van der Waals surface area (Å²) >= 11 is 2.96. The van der Waals surface area contributed by atoms with Crippen molar-refractivity contribution in [2.45, 2.75) is 32.2 Å². The van der Waals surface area contributed by atoms with Gasteiger partial charge >= 0.3 is 0 Å². The van der Waals surface area contributed by atoms with Gasteiger partial charge in [0.05, 0.1) is 28.5 Å². The normalized spacial score (nSPS) is 13.2. The molecule has 1 fully saturated rings. The fourth-order valence-electron chi connectivity index (χ4n) is 3.33. The van der Waals surface area contributed by atoms with Gasteiger partial charge in [0.1, 0.15) is 5.69 Å². The molecule has 0 radical (unpaired) electrons. The van der Waals surface area contributed by atoms with Crippen LogP contribution in [0.15, 0.2) is 53.9 Å². The number of thiazole rings is 1. The highest BCUT2D eigenvalue weighted by Crippen LogP contribution is 2.40. The molecule has 1 saturated carbocycles. The number of nitrogens with one attached hydrogen (secondary N) is 2. The van der Waals surface area contributed by atoms with Crippen LogP contribution in [0.1, 0.15) is 46.7 Å². The molecule has 0 atom stereocenters. The Balaban J connectivity index is 1.34. The minimum Gasteiger partial charge on any atom is -0.351 e. The molecule has 1 aromatic carbocycles. The van der Waals surface area contributed by atoms with Crippen molar-refractivity contribution in [2.24, 2.45) is 0 Å². The molecule has 2 N–H and O–H groups in total. The Morgan fingerprint density at radius 3 is 2.72 bits per heavy atom. The van der Waals surface area contributed by atoms with Gasteiger partial charge in [0.2, 0.25) is 5.91 Å². The smallest absolute Gasteiger partial charge is 0.276 e. The van der Waals surface area contributed by atoms with Gasteiger partial charge in [-0.1, -0.05) is 18.2 Å². The summed E-state index contributed by atoms with van der Waals surface area (Å²) in [5.41, 5.74) is 3.13. The first-order chi connectivity index (χ1) is 15.6. The van der Waals surface area contributed by atoms with Gasteiger partial charge in [0, 0.05) is 23.1 Å². The van der Waals surface area contributed by atoms with E-state index in [2.05, 4.69) is 15.6 Å². The predicted octanol–water partition coefficient (Wildman–Crippen LogP) is 4.82. The van der Waals surface area contributed by atoms with Crippen LogP contribution in [0, 0.1) is 0 Å². The highest BCUT2D eigenvalue weighted by Gasteiger charge is 2.29. The van der Waals surface area contributed by atoms with Crippen molar-refractivity contribution in [3.8, 4) is 16.3 Å². The monoisotopic (exact) mass is 463 g/mol. The second-order valence-corrected chi connectivity index (χ2v) is 9.67. The van der Waals surface area contributed by atoms with E-state index < -0.39 is 0 Å². The first-order valence-corrected chi connectivity index (χ1v) is 12.0. The number of hydrogen-bond acceptors (Lipinski definition) is 6. The van der Waals surface area contributed by atoms with Gasteiger partial charge in [-0.15, -0.1) is 22.7 Å². The van der Waals surface area contributed by atoms with Gasteiger partial charge in [-0.05, 0) is 43.2 Å². The first kappa shape index (κ1) is 20.6.